The van der Waals surface area contributed by atoms with E-state index in [0.29, 0.717) is 0 Å². The van der Waals surface area contributed by atoms with Gasteiger partial charge in [0.1, 0.15) is 6.17 Å². The van der Waals surface area contributed by atoms with Crippen molar-refractivity contribution in [3.05, 3.63) is 4.58 Å². The average molecular weight is 314 g/mol. The first-order valence-electron chi connectivity index (χ1n) is 5.85. The Morgan fingerprint density at radius 1 is 1.10 bits per heavy atom. The number of aromatic nitrogens is 8. The lowest BCUT2D eigenvalue weighted by Crippen LogP contribution is -2.24. The highest BCUT2D eigenvalue weighted by Gasteiger charge is 2.19. The van der Waals surface area contributed by atoms with Crippen LogP contribution in [0.25, 0.3) is 0 Å². The molecule has 0 saturated heterocycles. The van der Waals surface area contributed by atoms with Crippen LogP contribution in [0.2, 0.25) is 0 Å². The van der Waals surface area contributed by atoms with Gasteiger partial charge in [-0.1, -0.05) is 23.5 Å². The minimum Gasteiger partial charge on any atom is -0.288 e. The Bertz CT molecular complexity index is 551. The molecule has 2 aromatic rings. The molecule has 109 valence electrons. The summed E-state index contributed by atoms with van der Waals surface area (Å²) in [7, 11) is 5.77. The summed E-state index contributed by atoms with van der Waals surface area (Å²) in [6.07, 6.45) is 0.0850. The molecule has 20 heavy (non-hydrogen) atoms. The third-order valence-electron chi connectivity index (χ3n) is 2.62. The predicted molar refractivity (Wildman–Crippen MR) is 75.6 cm³/mol. The molecule has 2 heterocycles. The normalized spacial score (nSPS) is 13.3. The second-order valence-corrected chi connectivity index (χ2v) is 6.90. The van der Waals surface area contributed by atoms with E-state index in [2.05, 4.69) is 31.1 Å². The predicted octanol–water partition coefficient (Wildman–Crippen LogP) is 0.670. The average Bonchev–Trinajstić information content (AvgIpc) is 2.98. The fourth-order valence-corrected chi connectivity index (χ4v) is 3.03. The molecule has 0 bridgehead atoms. The Hall–Kier alpha value is -1.20. The minimum atomic E-state index is 0.0850. The highest BCUT2D eigenvalue weighted by Crippen LogP contribution is 2.39. The van der Waals surface area contributed by atoms with E-state index in [1.807, 2.05) is 32.8 Å². The topological polar surface area (TPSA) is 90.4 Å². The Kier molecular flexibility index (Phi) is 4.94. The molecule has 0 aromatic carbocycles. The molecule has 9 nitrogen and oxygen atoms in total. The first-order chi connectivity index (χ1) is 9.49. The van der Waals surface area contributed by atoms with Gasteiger partial charge in [-0.2, -0.15) is 0 Å². The molecular weight excluding hydrogens is 298 g/mol. The van der Waals surface area contributed by atoms with Gasteiger partial charge in [0.05, 0.1) is 4.58 Å². The molecule has 11 heteroatoms. The molecule has 0 saturated carbocycles. The zero-order chi connectivity index (χ0) is 14.7. The van der Waals surface area contributed by atoms with Gasteiger partial charge in [0.2, 0.25) is 10.3 Å². The van der Waals surface area contributed by atoms with Gasteiger partial charge >= 0.3 is 0 Å². The monoisotopic (exact) mass is 314 g/mol. The first-order valence-corrected chi connectivity index (χ1v) is 7.48. The molecule has 0 spiro atoms. The van der Waals surface area contributed by atoms with Gasteiger partial charge in [-0.05, 0) is 48.8 Å². The van der Waals surface area contributed by atoms with Crippen LogP contribution in [0.4, 0.5) is 0 Å². The van der Waals surface area contributed by atoms with Crippen LogP contribution in [-0.4, -0.2) is 59.4 Å². The summed E-state index contributed by atoms with van der Waals surface area (Å²) in [6, 6.07) is 0. The van der Waals surface area contributed by atoms with E-state index in [0.717, 1.165) is 14.9 Å². The second kappa shape index (κ2) is 6.50. The van der Waals surface area contributed by atoms with Gasteiger partial charge in [0, 0.05) is 7.05 Å². The molecule has 1 atom stereocenters. The maximum absolute atomic E-state index is 4.06. The van der Waals surface area contributed by atoms with Crippen molar-refractivity contribution in [3.8, 4) is 0 Å². The summed E-state index contributed by atoms with van der Waals surface area (Å²) in [5, 5.41) is 24.6. The van der Waals surface area contributed by atoms with Crippen molar-refractivity contribution in [2.75, 3.05) is 14.1 Å². The number of rotatable bonds is 6. The number of nitrogens with zero attached hydrogens (tertiary/aromatic N) is 9. The summed E-state index contributed by atoms with van der Waals surface area (Å²) in [5.41, 5.74) is 0. The van der Waals surface area contributed by atoms with E-state index in [1.165, 1.54) is 23.5 Å². The quantitative estimate of drug-likeness (QED) is 0.713. The molecule has 1 unspecified atom stereocenters. The highest BCUT2D eigenvalue weighted by atomic mass is 32.2. The first kappa shape index (κ1) is 15.2. The van der Waals surface area contributed by atoms with Gasteiger partial charge in [-0.15, -0.1) is 10.2 Å². The van der Waals surface area contributed by atoms with Crippen LogP contribution in [0, 0.1) is 4.58 Å². The highest BCUT2D eigenvalue weighted by molar-refractivity contribution is 8.20. The van der Waals surface area contributed by atoms with Gasteiger partial charge in [0.25, 0.3) is 0 Å². The molecular formula is C9H16N9S2. The molecule has 0 N–H and O–H groups in total. The van der Waals surface area contributed by atoms with E-state index in [4.69, 9.17) is 0 Å². The summed E-state index contributed by atoms with van der Waals surface area (Å²) < 4.78 is 4.45. The van der Waals surface area contributed by atoms with E-state index >= 15 is 0 Å². The van der Waals surface area contributed by atoms with Gasteiger partial charge in [-0.3, -0.25) is 4.90 Å². The molecule has 0 aliphatic carbocycles. The largest absolute Gasteiger partial charge is 0.288 e. The van der Waals surface area contributed by atoms with Gasteiger partial charge in [-0.25, -0.2) is 9.36 Å². The molecule has 2 rings (SSSR count). The maximum Gasteiger partial charge on any atom is 0.212 e. The summed E-state index contributed by atoms with van der Waals surface area (Å²) in [6.45, 7) is 4.03. The Morgan fingerprint density at radius 2 is 1.70 bits per heavy atom. The molecule has 0 aliphatic heterocycles. The van der Waals surface area contributed by atoms with E-state index < -0.39 is 0 Å². The molecule has 0 fully saturated rings. The lowest BCUT2D eigenvalue weighted by Gasteiger charge is -2.20. The van der Waals surface area contributed by atoms with Crippen LogP contribution >= 0.6 is 23.5 Å². The molecule has 0 aliphatic rings. The minimum absolute atomic E-state index is 0.0850. The van der Waals surface area contributed by atoms with Gasteiger partial charge in [0.15, 0.2) is 0 Å². The van der Waals surface area contributed by atoms with Crippen LogP contribution < -0.4 is 0 Å². The molecule has 2 aromatic heterocycles. The van der Waals surface area contributed by atoms with Gasteiger partial charge < -0.3 is 0 Å². The number of thioether (sulfide) groups is 2. The lowest BCUT2D eigenvalue weighted by atomic mass is 10.5. The fourth-order valence-electron chi connectivity index (χ4n) is 1.29. The van der Waals surface area contributed by atoms with Crippen LogP contribution in [-0.2, 0) is 7.05 Å². The molecule has 0 amide bonds. The zero-order valence-electron chi connectivity index (χ0n) is 11.9. The Morgan fingerprint density at radius 3 is 2.30 bits per heavy atom. The smallest absolute Gasteiger partial charge is 0.212 e. The van der Waals surface area contributed by atoms with Crippen molar-refractivity contribution in [2.24, 2.45) is 7.05 Å². The number of hydrogen-bond donors (Lipinski definition) is 0. The van der Waals surface area contributed by atoms with Crippen molar-refractivity contribution in [1.29, 1.82) is 0 Å². The molecule has 1 radical (unpaired) electrons. The third kappa shape index (κ3) is 3.46. The van der Waals surface area contributed by atoms with Crippen LogP contribution in [0.3, 0.4) is 0 Å². The van der Waals surface area contributed by atoms with Crippen molar-refractivity contribution in [3.63, 3.8) is 0 Å². The SMILES string of the molecule is C[C](Sc1nnnn1C)Sc1nnnn1C(C)N(C)C. The van der Waals surface area contributed by atoms with Crippen molar-refractivity contribution in [1.82, 2.24) is 45.3 Å². The lowest BCUT2D eigenvalue weighted by molar-refractivity contribution is 0.204. The third-order valence-corrected chi connectivity index (χ3v) is 4.67. The van der Waals surface area contributed by atoms with Crippen molar-refractivity contribution >= 4 is 23.5 Å². The number of hydrogen-bond acceptors (Lipinski definition) is 9. The van der Waals surface area contributed by atoms with Crippen LogP contribution in [0.15, 0.2) is 10.3 Å². The van der Waals surface area contributed by atoms with E-state index in [-0.39, 0.29) is 6.17 Å². The van der Waals surface area contributed by atoms with E-state index in [1.54, 1.807) is 16.4 Å². The van der Waals surface area contributed by atoms with Crippen LogP contribution in [0.5, 0.6) is 0 Å². The Labute approximate surface area is 125 Å². The Balaban J connectivity index is 2.03. The number of tetrazole rings is 2. The summed E-state index contributed by atoms with van der Waals surface area (Å²) in [4.78, 5) is 2.04. The van der Waals surface area contributed by atoms with Crippen LogP contribution in [0.1, 0.15) is 20.0 Å². The zero-order valence-corrected chi connectivity index (χ0v) is 13.6. The summed E-state index contributed by atoms with van der Waals surface area (Å²) in [5.74, 6) is 0. The summed E-state index contributed by atoms with van der Waals surface area (Å²) >= 11 is 2.99. The van der Waals surface area contributed by atoms with Crippen molar-refractivity contribution < 1.29 is 0 Å². The van der Waals surface area contributed by atoms with Crippen molar-refractivity contribution in [2.45, 2.75) is 30.3 Å². The standard InChI is InChI=1S/C9H16N9S2/c1-6(16(3)4)18-9(11-13-15-18)20-7(2)19-8-10-12-14-17(8)5/h6H,1-5H3. The van der Waals surface area contributed by atoms with E-state index in [9.17, 15) is 0 Å². The number of aryl methyl sites for hydroxylation is 1. The maximum atomic E-state index is 4.06. The fraction of sp³-hybridized carbons (Fsp3) is 0.667. The second-order valence-electron chi connectivity index (χ2n) is 4.28.